The van der Waals surface area contributed by atoms with Gasteiger partial charge in [0.05, 0.1) is 0 Å². The van der Waals surface area contributed by atoms with E-state index in [0.717, 1.165) is 42.3 Å². The molecule has 4 nitrogen and oxygen atoms in total. The minimum Gasteiger partial charge on any atom is -0.369 e. The van der Waals surface area contributed by atoms with Crippen LogP contribution in [0.5, 0.6) is 0 Å². The topological polar surface area (TPSA) is 35.6 Å². The molecule has 1 aromatic carbocycles. The first-order valence-electron chi connectivity index (χ1n) is 8.61. The molecule has 1 aromatic heterocycles. The molecule has 0 spiro atoms. The van der Waals surface area contributed by atoms with Crippen molar-refractivity contribution >= 4 is 34.2 Å². The molecule has 2 aromatic rings. The summed E-state index contributed by atoms with van der Waals surface area (Å²) in [5, 5.41) is 2.95. The molecular weight excluding hydrogens is 330 g/mol. The number of amides is 1. The van der Waals surface area contributed by atoms with Crippen molar-refractivity contribution in [3.05, 3.63) is 52.2 Å². The van der Waals surface area contributed by atoms with Gasteiger partial charge in [0, 0.05) is 53.4 Å². The van der Waals surface area contributed by atoms with Gasteiger partial charge in [0.1, 0.15) is 0 Å². The number of hydrogen-bond acceptors (Lipinski definition) is 4. The smallest absolute Gasteiger partial charge is 0.248 e. The average molecular weight is 356 g/mol. The lowest BCUT2D eigenvalue weighted by atomic mass is 10.2. The first kappa shape index (κ1) is 17.7. The molecule has 3 rings (SSSR count). The third-order valence-corrected chi connectivity index (χ3v) is 5.62. The molecule has 1 amide bonds. The fourth-order valence-electron chi connectivity index (χ4n) is 2.91. The molecule has 0 aliphatic carbocycles. The molecule has 1 aliphatic heterocycles. The number of carbonyl (C=O) groups excluding carboxylic acids is 1. The summed E-state index contributed by atoms with van der Waals surface area (Å²) < 4.78 is 0. The molecule has 132 valence electrons. The predicted molar refractivity (Wildman–Crippen MR) is 107 cm³/mol. The van der Waals surface area contributed by atoms with Crippen molar-refractivity contribution in [3.63, 3.8) is 0 Å². The molecule has 1 aliphatic rings. The minimum absolute atomic E-state index is 0.0871. The van der Waals surface area contributed by atoms with Crippen LogP contribution in [0.3, 0.4) is 0 Å². The van der Waals surface area contributed by atoms with Crippen LogP contribution in [0.2, 0.25) is 0 Å². The van der Waals surface area contributed by atoms with E-state index in [1.54, 1.807) is 17.4 Å². The van der Waals surface area contributed by atoms with Gasteiger partial charge in [-0.25, -0.2) is 0 Å². The van der Waals surface area contributed by atoms with Gasteiger partial charge in [-0.2, -0.15) is 0 Å². The number of benzene rings is 1. The second-order valence-corrected chi connectivity index (χ2v) is 7.85. The summed E-state index contributed by atoms with van der Waals surface area (Å²) in [4.78, 5) is 19.3. The van der Waals surface area contributed by atoms with E-state index in [4.69, 9.17) is 0 Å². The number of rotatable bonds is 4. The number of likely N-dealkylation sites (N-methyl/N-ethyl adjacent to an activating group) is 1. The van der Waals surface area contributed by atoms with Crippen molar-refractivity contribution in [2.45, 2.75) is 13.8 Å². The number of piperazine rings is 1. The van der Waals surface area contributed by atoms with Gasteiger partial charge >= 0.3 is 0 Å². The lowest BCUT2D eigenvalue weighted by molar-refractivity contribution is -0.111. The molecule has 0 saturated carbocycles. The van der Waals surface area contributed by atoms with Gasteiger partial charge < -0.3 is 15.1 Å². The molecule has 1 N–H and O–H groups in total. The maximum absolute atomic E-state index is 12.2. The highest BCUT2D eigenvalue weighted by Gasteiger charge is 2.14. The van der Waals surface area contributed by atoms with Crippen LogP contribution in [-0.2, 0) is 4.79 Å². The Morgan fingerprint density at radius 1 is 1.08 bits per heavy atom. The Kier molecular flexibility index (Phi) is 5.56. The Morgan fingerprint density at radius 3 is 2.36 bits per heavy atom. The third kappa shape index (κ3) is 4.71. The first-order valence-corrected chi connectivity index (χ1v) is 9.42. The van der Waals surface area contributed by atoms with Crippen LogP contribution in [0, 0.1) is 6.92 Å². The fourth-order valence-corrected chi connectivity index (χ4v) is 3.75. The van der Waals surface area contributed by atoms with Gasteiger partial charge in [0.15, 0.2) is 0 Å². The normalized spacial score (nSPS) is 16.1. The quantitative estimate of drug-likeness (QED) is 0.846. The average Bonchev–Trinajstić information content (AvgIpc) is 3.03. The summed E-state index contributed by atoms with van der Waals surface area (Å²) in [6, 6.07) is 12.3. The summed E-state index contributed by atoms with van der Waals surface area (Å²) in [7, 11) is 2.16. The number of nitrogens with zero attached hydrogens (tertiary/aromatic N) is 2. The Balaban J connectivity index is 1.60. The highest BCUT2D eigenvalue weighted by Crippen LogP contribution is 2.23. The van der Waals surface area contributed by atoms with Gasteiger partial charge in [-0.1, -0.05) is 0 Å². The lowest BCUT2D eigenvalue weighted by Crippen LogP contribution is -2.44. The zero-order valence-corrected chi connectivity index (χ0v) is 15.9. The maximum atomic E-state index is 12.2. The Labute approximate surface area is 153 Å². The van der Waals surface area contributed by atoms with Gasteiger partial charge in [0.2, 0.25) is 5.91 Å². The van der Waals surface area contributed by atoms with E-state index in [-0.39, 0.29) is 5.91 Å². The van der Waals surface area contributed by atoms with Gasteiger partial charge in [0.25, 0.3) is 0 Å². The molecule has 0 atom stereocenters. The summed E-state index contributed by atoms with van der Waals surface area (Å²) in [5.41, 5.74) is 3.03. The second-order valence-electron chi connectivity index (χ2n) is 6.56. The van der Waals surface area contributed by atoms with Gasteiger partial charge in [-0.3, -0.25) is 4.79 Å². The van der Waals surface area contributed by atoms with Crippen molar-refractivity contribution in [1.82, 2.24) is 4.90 Å². The Hall–Kier alpha value is -2.11. The predicted octanol–water partition coefficient (Wildman–Crippen LogP) is 3.85. The van der Waals surface area contributed by atoms with E-state index in [9.17, 15) is 4.79 Å². The molecule has 5 heteroatoms. The van der Waals surface area contributed by atoms with Crippen molar-refractivity contribution < 1.29 is 4.79 Å². The number of allylic oxidation sites excluding steroid dienone is 1. The summed E-state index contributed by atoms with van der Waals surface area (Å²) in [5.74, 6) is -0.0871. The van der Waals surface area contributed by atoms with Crippen LogP contribution in [0.25, 0.3) is 5.57 Å². The second kappa shape index (κ2) is 7.85. The van der Waals surface area contributed by atoms with Crippen molar-refractivity contribution in [2.75, 3.05) is 43.4 Å². The summed E-state index contributed by atoms with van der Waals surface area (Å²) in [6.45, 7) is 8.31. The molecule has 0 bridgehead atoms. The third-order valence-electron chi connectivity index (χ3n) is 4.48. The molecule has 2 heterocycles. The zero-order chi connectivity index (χ0) is 17.8. The number of anilines is 2. The van der Waals surface area contributed by atoms with Gasteiger partial charge in [-0.05, 0) is 62.9 Å². The van der Waals surface area contributed by atoms with Gasteiger partial charge in [-0.15, -0.1) is 11.3 Å². The van der Waals surface area contributed by atoms with E-state index < -0.39 is 0 Å². The van der Waals surface area contributed by atoms with Crippen LogP contribution in [0.1, 0.15) is 16.7 Å². The molecular formula is C20H25N3OS. The Morgan fingerprint density at radius 2 is 1.76 bits per heavy atom. The summed E-state index contributed by atoms with van der Waals surface area (Å²) >= 11 is 1.70. The highest BCUT2D eigenvalue weighted by atomic mass is 32.1. The molecule has 0 unspecified atom stereocenters. The number of carbonyl (C=O) groups is 1. The van der Waals surface area contributed by atoms with E-state index in [0.29, 0.717) is 0 Å². The van der Waals surface area contributed by atoms with Crippen LogP contribution in [0.4, 0.5) is 11.4 Å². The Bertz CT molecular complexity index is 756. The van der Waals surface area contributed by atoms with Crippen molar-refractivity contribution in [3.8, 4) is 0 Å². The van der Waals surface area contributed by atoms with Crippen LogP contribution in [-0.4, -0.2) is 44.0 Å². The summed E-state index contributed by atoms with van der Waals surface area (Å²) in [6.07, 6.45) is 1.67. The van der Waals surface area contributed by atoms with E-state index in [1.165, 1.54) is 10.6 Å². The maximum Gasteiger partial charge on any atom is 0.248 e. The first-order chi connectivity index (χ1) is 12.0. The van der Waals surface area contributed by atoms with Crippen LogP contribution >= 0.6 is 11.3 Å². The largest absolute Gasteiger partial charge is 0.369 e. The highest BCUT2D eigenvalue weighted by molar-refractivity contribution is 7.13. The number of aryl methyl sites for hydroxylation is 1. The number of nitrogens with one attached hydrogen (secondary N) is 1. The molecule has 0 radical (unpaired) electrons. The van der Waals surface area contributed by atoms with E-state index >= 15 is 0 Å². The van der Waals surface area contributed by atoms with Crippen molar-refractivity contribution in [1.29, 1.82) is 0 Å². The monoisotopic (exact) mass is 355 g/mol. The van der Waals surface area contributed by atoms with Crippen LogP contribution < -0.4 is 10.2 Å². The van der Waals surface area contributed by atoms with Crippen molar-refractivity contribution in [2.24, 2.45) is 0 Å². The number of thiophene rings is 1. The van der Waals surface area contributed by atoms with E-state index in [1.807, 2.05) is 19.1 Å². The standard InChI is InChI=1S/C20H25N3OS/c1-15(19-9-4-16(2)25-19)14-20(24)21-17-5-7-18(8-6-17)23-12-10-22(3)11-13-23/h4-9,14H,10-13H2,1-3H3,(H,21,24). The van der Waals surface area contributed by atoms with Crippen LogP contribution in [0.15, 0.2) is 42.5 Å². The lowest BCUT2D eigenvalue weighted by Gasteiger charge is -2.34. The fraction of sp³-hybridized carbons (Fsp3) is 0.350. The number of hydrogen-bond donors (Lipinski definition) is 1. The molecule has 25 heavy (non-hydrogen) atoms. The SMILES string of the molecule is CC(=CC(=O)Nc1ccc(N2CCN(C)CC2)cc1)c1ccc(C)s1. The zero-order valence-electron chi connectivity index (χ0n) is 15.1. The molecule has 1 fully saturated rings. The molecule has 1 saturated heterocycles. The minimum atomic E-state index is -0.0871. The van der Waals surface area contributed by atoms with E-state index in [2.05, 4.69) is 53.4 Å².